The Hall–Kier alpha value is -1.63. The summed E-state index contributed by atoms with van der Waals surface area (Å²) in [6.45, 7) is 1.28. The molecule has 0 saturated carbocycles. The number of nitrogens with zero attached hydrogens (tertiary/aromatic N) is 1. The third kappa shape index (κ3) is 3.69. The van der Waals surface area contributed by atoms with Crippen LogP contribution in [0, 0.1) is 0 Å². The predicted octanol–water partition coefficient (Wildman–Crippen LogP) is -1.28. The third-order valence-electron chi connectivity index (χ3n) is 3.82. The summed E-state index contributed by atoms with van der Waals surface area (Å²) in [4.78, 5) is 36.8. The minimum Gasteiger partial charge on any atom is -0.368 e. The van der Waals surface area contributed by atoms with Crippen LogP contribution in [0.4, 0.5) is 0 Å². The van der Waals surface area contributed by atoms with Crippen LogP contribution in [0.5, 0.6) is 0 Å². The van der Waals surface area contributed by atoms with E-state index in [-0.39, 0.29) is 24.4 Å². The minimum absolute atomic E-state index is 0.0765. The Kier molecular flexibility index (Phi) is 4.94. The van der Waals surface area contributed by atoms with Crippen LogP contribution in [0.3, 0.4) is 0 Å². The van der Waals surface area contributed by atoms with Crippen LogP contribution in [-0.2, 0) is 14.4 Å². The van der Waals surface area contributed by atoms with Gasteiger partial charge in [-0.1, -0.05) is 0 Å². The molecule has 3 amide bonds. The molecule has 0 bridgehead atoms. The highest BCUT2D eigenvalue weighted by Crippen LogP contribution is 2.13. The number of rotatable bonds is 4. The largest absolute Gasteiger partial charge is 0.368 e. The molecule has 20 heavy (non-hydrogen) atoms. The highest BCUT2D eigenvalue weighted by molar-refractivity contribution is 5.91. The maximum Gasteiger partial charge on any atom is 0.245 e. The Labute approximate surface area is 118 Å². The number of nitrogens with two attached hydrogens (primary N) is 1. The van der Waals surface area contributed by atoms with Crippen molar-refractivity contribution in [3.63, 3.8) is 0 Å². The van der Waals surface area contributed by atoms with Crippen LogP contribution in [0.15, 0.2) is 0 Å². The number of likely N-dealkylation sites (tertiary alicyclic amines) is 1. The lowest BCUT2D eigenvalue weighted by Crippen LogP contribution is -2.52. The maximum absolute atomic E-state index is 12.3. The molecule has 112 valence electrons. The van der Waals surface area contributed by atoms with Crippen molar-refractivity contribution in [1.82, 2.24) is 15.5 Å². The van der Waals surface area contributed by atoms with E-state index >= 15 is 0 Å². The molecule has 0 radical (unpaired) electrons. The van der Waals surface area contributed by atoms with Crippen LogP contribution in [0.2, 0.25) is 0 Å². The summed E-state index contributed by atoms with van der Waals surface area (Å²) in [6, 6.07) is -0.734. The normalized spacial score (nSPS) is 27.2. The number of amides is 3. The van der Waals surface area contributed by atoms with Gasteiger partial charge in [0.1, 0.15) is 6.04 Å². The molecule has 2 heterocycles. The van der Waals surface area contributed by atoms with Gasteiger partial charge in [0, 0.05) is 6.54 Å². The molecule has 2 rings (SSSR count). The number of nitrogens with one attached hydrogen (secondary N) is 2. The predicted molar refractivity (Wildman–Crippen MR) is 72.6 cm³/mol. The van der Waals surface area contributed by atoms with Gasteiger partial charge in [-0.2, -0.15) is 0 Å². The lowest BCUT2D eigenvalue weighted by molar-refractivity contribution is -0.138. The lowest BCUT2D eigenvalue weighted by atomic mass is 10.1. The van der Waals surface area contributed by atoms with E-state index in [1.807, 2.05) is 0 Å². The van der Waals surface area contributed by atoms with Gasteiger partial charge >= 0.3 is 0 Å². The van der Waals surface area contributed by atoms with Crippen molar-refractivity contribution in [3.05, 3.63) is 0 Å². The molecule has 2 saturated heterocycles. The van der Waals surface area contributed by atoms with E-state index in [1.54, 1.807) is 0 Å². The SMILES string of the molecule is NC(=O)CN1CCCC[C@@H](NC(=O)[C@@H]2CCCN2)C1=O. The Balaban J connectivity index is 1.95. The molecular weight excluding hydrogens is 260 g/mol. The molecule has 2 aliphatic rings. The lowest BCUT2D eigenvalue weighted by Gasteiger charge is -2.24. The van der Waals surface area contributed by atoms with Crippen molar-refractivity contribution in [2.24, 2.45) is 5.73 Å². The molecule has 0 unspecified atom stereocenters. The number of carbonyl (C=O) groups is 3. The number of primary amides is 1. The monoisotopic (exact) mass is 282 g/mol. The van der Waals surface area contributed by atoms with Gasteiger partial charge in [0.05, 0.1) is 12.6 Å². The van der Waals surface area contributed by atoms with Gasteiger partial charge < -0.3 is 21.3 Å². The molecule has 0 aromatic rings. The zero-order valence-electron chi connectivity index (χ0n) is 11.6. The van der Waals surface area contributed by atoms with Crippen molar-refractivity contribution in [3.8, 4) is 0 Å². The second-order valence-corrected chi connectivity index (χ2v) is 5.43. The van der Waals surface area contributed by atoms with Gasteiger partial charge in [-0.05, 0) is 38.6 Å². The summed E-state index contributed by atoms with van der Waals surface area (Å²) in [7, 11) is 0. The minimum atomic E-state index is -0.535. The fourth-order valence-electron chi connectivity index (χ4n) is 2.76. The van der Waals surface area contributed by atoms with Gasteiger partial charge in [0.25, 0.3) is 0 Å². The first-order valence-corrected chi connectivity index (χ1v) is 7.19. The summed E-state index contributed by atoms with van der Waals surface area (Å²) in [5.41, 5.74) is 5.15. The average Bonchev–Trinajstić information content (AvgIpc) is 2.88. The molecule has 7 nitrogen and oxygen atoms in total. The highest BCUT2D eigenvalue weighted by Gasteiger charge is 2.31. The standard InChI is InChI=1S/C13H22N4O3/c14-11(18)8-17-7-2-1-4-10(13(17)20)16-12(19)9-5-3-6-15-9/h9-10,15H,1-8H2,(H2,14,18)(H,16,19)/t9-,10+/m0/s1. The molecule has 0 aromatic carbocycles. The zero-order valence-corrected chi connectivity index (χ0v) is 11.6. The fourth-order valence-corrected chi connectivity index (χ4v) is 2.76. The van der Waals surface area contributed by atoms with E-state index in [1.165, 1.54) is 4.90 Å². The molecule has 2 fully saturated rings. The van der Waals surface area contributed by atoms with Gasteiger partial charge in [0.15, 0.2) is 0 Å². The molecule has 0 aliphatic carbocycles. The second-order valence-electron chi connectivity index (χ2n) is 5.43. The van der Waals surface area contributed by atoms with Crippen molar-refractivity contribution < 1.29 is 14.4 Å². The van der Waals surface area contributed by atoms with Gasteiger partial charge in [-0.3, -0.25) is 14.4 Å². The molecule has 4 N–H and O–H groups in total. The summed E-state index contributed by atoms with van der Waals surface area (Å²) in [5.74, 6) is -0.850. The Morgan fingerprint density at radius 2 is 2.10 bits per heavy atom. The first kappa shape index (κ1) is 14.8. The van der Waals surface area contributed by atoms with E-state index in [2.05, 4.69) is 10.6 Å². The van der Waals surface area contributed by atoms with E-state index < -0.39 is 11.9 Å². The second kappa shape index (κ2) is 6.69. The van der Waals surface area contributed by atoms with Crippen LogP contribution in [-0.4, -0.2) is 54.3 Å². The van der Waals surface area contributed by atoms with Crippen LogP contribution >= 0.6 is 0 Å². The zero-order chi connectivity index (χ0) is 14.5. The topological polar surface area (TPSA) is 105 Å². The molecular formula is C13H22N4O3. The van der Waals surface area contributed by atoms with Crippen molar-refractivity contribution >= 4 is 17.7 Å². The van der Waals surface area contributed by atoms with E-state index in [0.29, 0.717) is 13.0 Å². The van der Waals surface area contributed by atoms with Gasteiger partial charge in [-0.25, -0.2) is 0 Å². The van der Waals surface area contributed by atoms with Crippen molar-refractivity contribution in [2.45, 2.75) is 44.2 Å². The average molecular weight is 282 g/mol. The van der Waals surface area contributed by atoms with Crippen molar-refractivity contribution in [2.75, 3.05) is 19.6 Å². The van der Waals surface area contributed by atoms with Gasteiger partial charge in [0.2, 0.25) is 17.7 Å². The van der Waals surface area contributed by atoms with E-state index in [0.717, 1.165) is 32.2 Å². The molecule has 2 atom stereocenters. The summed E-state index contributed by atoms with van der Waals surface area (Å²) >= 11 is 0. The van der Waals surface area contributed by atoms with Crippen molar-refractivity contribution in [1.29, 1.82) is 0 Å². The third-order valence-corrected chi connectivity index (χ3v) is 3.82. The van der Waals surface area contributed by atoms with E-state index in [4.69, 9.17) is 5.73 Å². The number of hydrogen-bond donors (Lipinski definition) is 3. The van der Waals surface area contributed by atoms with Crippen LogP contribution in [0.1, 0.15) is 32.1 Å². The van der Waals surface area contributed by atoms with Crippen LogP contribution < -0.4 is 16.4 Å². The summed E-state index contributed by atoms with van der Waals surface area (Å²) < 4.78 is 0. The van der Waals surface area contributed by atoms with E-state index in [9.17, 15) is 14.4 Å². The highest BCUT2D eigenvalue weighted by atomic mass is 16.2. The molecule has 0 aromatic heterocycles. The van der Waals surface area contributed by atoms with Gasteiger partial charge in [-0.15, -0.1) is 0 Å². The summed E-state index contributed by atoms with van der Waals surface area (Å²) in [5, 5.41) is 5.92. The molecule has 0 spiro atoms. The Bertz CT molecular complexity index is 393. The number of carbonyl (C=O) groups excluding carboxylic acids is 3. The quantitative estimate of drug-likeness (QED) is 0.597. The molecule has 2 aliphatic heterocycles. The Morgan fingerprint density at radius 3 is 2.75 bits per heavy atom. The Morgan fingerprint density at radius 1 is 1.30 bits per heavy atom. The van der Waals surface area contributed by atoms with Crippen LogP contribution in [0.25, 0.3) is 0 Å². The molecule has 7 heteroatoms. The number of hydrogen-bond acceptors (Lipinski definition) is 4. The fraction of sp³-hybridized carbons (Fsp3) is 0.769. The first-order chi connectivity index (χ1) is 9.58. The summed E-state index contributed by atoms with van der Waals surface area (Å²) in [6.07, 6.45) is 4.08. The maximum atomic E-state index is 12.3. The smallest absolute Gasteiger partial charge is 0.245 e. The first-order valence-electron chi connectivity index (χ1n) is 7.19.